The van der Waals surface area contributed by atoms with Crippen LogP contribution in [0.5, 0.6) is 0 Å². The van der Waals surface area contributed by atoms with E-state index in [0.29, 0.717) is 36.6 Å². The minimum Gasteiger partial charge on any atom is -0.481 e. The maximum absolute atomic E-state index is 12.1. The van der Waals surface area contributed by atoms with Gasteiger partial charge in [0.2, 0.25) is 0 Å². The second-order valence-electron chi connectivity index (χ2n) is 5.19. The van der Waals surface area contributed by atoms with E-state index in [-0.39, 0.29) is 11.9 Å². The number of nitrogens with zero attached hydrogens (tertiary/aromatic N) is 1. The van der Waals surface area contributed by atoms with Crippen LogP contribution in [0.25, 0.3) is 0 Å². The molecule has 1 aromatic rings. The predicted octanol–water partition coefficient (Wildman–Crippen LogP) is 3.23. The zero-order valence-electron chi connectivity index (χ0n) is 11.9. The third-order valence-electron chi connectivity index (χ3n) is 3.82. The number of carboxylic acids is 1. The molecule has 2 rings (SSSR count). The minimum absolute atomic E-state index is 0.209. The number of hydrogen-bond acceptors (Lipinski definition) is 2. The van der Waals surface area contributed by atoms with Crippen molar-refractivity contribution in [2.75, 3.05) is 18.4 Å². The molecule has 1 saturated heterocycles. The minimum atomic E-state index is -0.781. The average molecular weight is 311 g/mol. The Bertz CT molecular complexity index is 540. The van der Waals surface area contributed by atoms with Crippen molar-refractivity contribution in [3.8, 4) is 0 Å². The largest absolute Gasteiger partial charge is 0.481 e. The summed E-state index contributed by atoms with van der Waals surface area (Å²) in [5, 5.41) is 12.4. The quantitative estimate of drug-likeness (QED) is 0.900. The van der Waals surface area contributed by atoms with Gasteiger partial charge >= 0.3 is 12.0 Å². The van der Waals surface area contributed by atoms with Crippen LogP contribution in [0.1, 0.15) is 25.3 Å². The second kappa shape index (κ2) is 6.80. The number of anilines is 1. The molecule has 1 aliphatic rings. The predicted molar refractivity (Wildman–Crippen MR) is 81.8 cm³/mol. The van der Waals surface area contributed by atoms with E-state index in [2.05, 4.69) is 5.32 Å². The Balaban J connectivity index is 1.93. The zero-order chi connectivity index (χ0) is 15.4. The maximum atomic E-state index is 12.1. The molecular formula is C15H19ClN2O3. The number of carbonyl (C=O) groups is 2. The Hall–Kier alpha value is -1.75. The lowest BCUT2D eigenvalue weighted by Gasteiger charge is -2.30. The number of rotatable bonds is 3. The lowest BCUT2D eigenvalue weighted by molar-refractivity contribution is -0.143. The Labute approximate surface area is 128 Å². The molecule has 0 radical (unpaired) electrons. The molecule has 0 saturated carbocycles. The van der Waals surface area contributed by atoms with Gasteiger partial charge in [-0.15, -0.1) is 0 Å². The van der Waals surface area contributed by atoms with Crippen molar-refractivity contribution in [2.24, 2.45) is 5.92 Å². The first-order chi connectivity index (χ1) is 10.0. The fraction of sp³-hybridized carbons (Fsp3) is 0.467. The second-order valence-corrected chi connectivity index (χ2v) is 5.60. The standard InChI is InChI=1S/C15H19ClN2O3/c1-2-10-3-4-12(9-13(10)16)17-15(21)18-7-5-11(6-8-18)14(19)20/h3-4,9,11H,2,5-8H2,1H3,(H,17,21)(H,19,20). The third-order valence-corrected chi connectivity index (χ3v) is 4.17. The molecule has 2 amide bonds. The van der Waals surface area contributed by atoms with Gasteiger partial charge in [0.05, 0.1) is 5.92 Å². The van der Waals surface area contributed by atoms with Crippen LogP contribution in [0.15, 0.2) is 18.2 Å². The molecule has 0 spiro atoms. The molecule has 114 valence electrons. The number of aliphatic carboxylic acids is 1. The van der Waals surface area contributed by atoms with Crippen LogP contribution in [-0.4, -0.2) is 35.1 Å². The number of amides is 2. The number of hydrogen-bond donors (Lipinski definition) is 2. The van der Waals surface area contributed by atoms with Crippen LogP contribution in [-0.2, 0) is 11.2 Å². The lowest BCUT2D eigenvalue weighted by atomic mass is 9.97. The van der Waals surface area contributed by atoms with E-state index in [1.54, 1.807) is 11.0 Å². The first kappa shape index (κ1) is 15.6. The van der Waals surface area contributed by atoms with Crippen molar-refractivity contribution in [3.63, 3.8) is 0 Å². The fourth-order valence-electron chi connectivity index (χ4n) is 2.44. The van der Waals surface area contributed by atoms with E-state index >= 15 is 0 Å². The maximum Gasteiger partial charge on any atom is 0.321 e. The highest BCUT2D eigenvalue weighted by atomic mass is 35.5. The molecule has 0 aromatic heterocycles. The van der Waals surface area contributed by atoms with E-state index in [9.17, 15) is 9.59 Å². The van der Waals surface area contributed by atoms with E-state index < -0.39 is 5.97 Å². The van der Waals surface area contributed by atoms with Gasteiger partial charge in [0.1, 0.15) is 0 Å². The van der Waals surface area contributed by atoms with E-state index in [1.165, 1.54) is 0 Å². The molecule has 21 heavy (non-hydrogen) atoms. The van der Waals surface area contributed by atoms with Crippen molar-refractivity contribution < 1.29 is 14.7 Å². The van der Waals surface area contributed by atoms with Gasteiger partial charge in [0.15, 0.2) is 0 Å². The normalized spacial score (nSPS) is 15.8. The molecule has 2 N–H and O–H groups in total. The van der Waals surface area contributed by atoms with Gasteiger partial charge < -0.3 is 15.3 Å². The number of piperidine rings is 1. The molecule has 0 unspecified atom stereocenters. The fourth-order valence-corrected chi connectivity index (χ4v) is 2.76. The van der Waals surface area contributed by atoms with Gasteiger partial charge in [0, 0.05) is 23.8 Å². The summed E-state index contributed by atoms with van der Waals surface area (Å²) in [6.45, 7) is 2.94. The van der Waals surface area contributed by atoms with Crippen molar-refractivity contribution in [2.45, 2.75) is 26.2 Å². The monoisotopic (exact) mass is 310 g/mol. The highest BCUT2D eigenvalue weighted by molar-refractivity contribution is 6.31. The molecule has 6 heteroatoms. The third kappa shape index (κ3) is 3.88. The molecule has 5 nitrogen and oxygen atoms in total. The topological polar surface area (TPSA) is 69.6 Å². The number of nitrogens with one attached hydrogen (secondary N) is 1. The Morgan fingerprint density at radius 1 is 1.38 bits per heavy atom. The van der Waals surface area contributed by atoms with Gasteiger partial charge in [0.25, 0.3) is 0 Å². The van der Waals surface area contributed by atoms with E-state index in [4.69, 9.17) is 16.7 Å². The summed E-state index contributed by atoms with van der Waals surface area (Å²) in [5.74, 6) is -1.12. The Morgan fingerprint density at radius 2 is 2.05 bits per heavy atom. The van der Waals surface area contributed by atoms with Crippen molar-refractivity contribution in [3.05, 3.63) is 28.8 Å². The van der Waals surface area contributed by atoms with Gasteiger partial charge in [-0.05, 0) is 37.0 Å². The van der Waals surface area contributed by atoms with Crippen LogP contribution < -0.4 is 5.32 Å². The van der Waals surface area contributed by atoms with Gasteiger partial charge in [-0.3, -0.25) is 4.79 Å². The average Bonchev–Trinajstić information content (AvgIpc) is 2.47. The number of carboxylic acid groups (broad SMARTS) is 1. The summed E-state index contributed by atoms with van der Waals surface area (Å²) in [6.07, 6.45) is 1.84. The van der Waals surface area contributed by atoms with Crippen LogP contribution in [0, 0.1) is 5.92 Å². The molecule has 0 bridgehead atoms. The summed E-state index contributed by atoms with van der Waals surface area (Å²) in [7, 11) is 0. The number of urea groups is 1. The zero-order valence-corrected chi connectivity index (χ0v) is 12.7. The highest BCUT2D eigenvalue weighted by Gasteiger charge is 2.26. The molecule has 1 aliphatic heterocycles. The van der Waals surface area contributed by atoms with Gasteiger partial charge in [-0.2, -0.15) is 0 Å². The molecule has 1 heterocycles. The van der Waals surface area contributed by atoms with E-state index in [1.807, 2.05) is 19.1 Å². The number of benzene rings is 1. The molecular weight excluding hydrogens is 292 g/mol. The number of aryl methyl sites for hydroxylation is 1. The molecule has 0 atom stereocenters. The van der Waals surface area contributed by atoms with Crippen molar-refractivity contribution in [1.29, 1.82) is 0 Å². The van der Waals surface area contributed by atoms with Crippen LogP contribution in [0.2, 0.25) is 5.02 Å². The van der Waals surface area contributed by atoms with Crippen molar-refractivity contribution >= 4 is 29.3 Å². The van der Waals surface area contributed by atoms with E-state index in [0.717, 1.165) is 12.0 Å². The Morgan fingerprint density at radius 3 is 2.57 bits per heavy atom. The summed E-state index contributed by atoms with van der Waals surface area (Å²) in [5.41, 5.74) is 1.69. The molecule has 0 aliphatic carbocycles. The summed E-state index contributed by atoms with van der Waals surface area (Å²) in [4.78, 5) is 24.7. The summed E-state index contributed by atoms with van der Waals surface area (Å²) >= 11 is 6.12. The first-order valence-electron chi connectivity index (χ1n) is 7.08. The summed E-state index contributed by atoms with van der Waals surface area (Å²) < 4.78 is 0. The lowest BCUT2D eigenvalue weighted by Crippen LogP contribution is -2.42. The van der Waals surface area contributed by atoms with Gasteiger partial charge in [-0.25, -0.2) is 4.79 Å². The first-order valence-corrected chi connectivity index (χ1v) is 7.46. The van der Waals surface area contributed by atoms with Gasteiger partial charge in [-0.1, -0.05) is 24.6 Å². The smallest absolute Gasteiger partial charge is 0.321 e. The number of carbonyl (C=O) groups excluding carboxylic acids is 1. The number of likely N-dealkylation sites (tertiary alicyclic amines) is 1. The van der Waals surface area contributed by atoms with Crippen molar-refractivity contribution in [1.82, 2.24) is 4.90 Å². The summed E-state index contributed by atoms with van der Waals surface area (Å²) in [6, 6.07) is 5.25. The van der Waals surface area contributed by atoms with Crippen LogP contribution in [0.3, 0.4) is 0 Å². The van der Waals surface area contributed by atoms with Crippen LogP contribution in [0.4, 0.5) is 10.5 Å². The van der Waals surface area contributed by atoms with Crippen LogP contribution >= 0.6 is 11.6 Å². The highest BCUT2D eigenvalue weighted by Crippen LogP contribution is 2.22. The molecule has 1 fully saturated rings. The molecule has 1 aromatic carbocycles. The SMILES string of the molecule is CCc1ccc(NC(=O)N2CCC(C(=O)O)CC2)cc1Cl. The number of halogens is 1. The Kier molecular flexibility index (Phi) is 5.07.